The van der Waals surface area contributed by atoms with Crippen molar-refractivity contribution in [2.24, 2.45) is 0 Å². The highest BCUT2D eigenvalue weighted by atomic mass is 32.2. The second-order valence-corrected chi connectivity index (χ2v) is 8.91. The molecule has 3 aromatic rings. The van der Waals surface area contributed by atoms with Crippen LogP contribution in [0.2, 0.25) is 0 Å². The molecular formula is C18H20N4O3S2. The summed E-state index contributed by atoms with van der Waals surface area (Å²) in [5, 5.41) is 3.10. The molecule has 0 aliphatic carbocycles. The third kappa shape index (κ3) is 4.37. The Morgan fingerprint density at radius 1 is 1.04 bits per heavy atom. The summed E-state index contributed by atoms with van der Waals surface area (Å²) in [5.41, 5.74) is 0. The maximum absolute atomic E-state index is 12.2. The van der Waals surface area contributed by atoms with Gasteiger partial charge in [0.25, 0.3) is 0 Å². The first-order chi connectivity index (χ1) is 13.1. The van der Waals surface area contributed by atoms with Crippen molar-refractivity contribution in [2.75, 3.05) is 43.4 Å². The Labute approximate surface area is 162 Å². The molecule has 3 heterocycles. The van der Waals surface area contributed by atoms with Crippen LogP contribution < -0.4 is 9.08 Å². The van der Waals surface area contributed by atoms with Crippen LogP contribution in [0.4, 0.5) is 5.82 Å². The molecule has 142 valence electrons. The SMILES string of the molecule is O=S(=O)(CCN1CCN(c2ncnc3sccc23)CC1)Oc1ccccc1. The normalized spacial score (nSPS) is 15.9. The van der Waals surface area contributed by atoms with E-state index in [1.165, 1.54) is 0 Å². The minimum Gasteiger partial charge on any atom is -0.382 e. The van der Waals surface area contributed by atoms with Crippen molar-refractivity contribution in [1.29, 1.82) is 0 Å². The molecule has 0 N–H and O–H groups in total. The van der Waals surface area contributed by atoms with E-state index < -0.39 is 10.1 Å². The van der Waals surface area contributed by atoms with Crippen molar-refractivity contribution in [2.45, 2.75) is 0 Å². The highest BCUT2D eigenvalue weighted by Gasteiger charge is 2.22. The van der Waals surface area contributed by atoms with Crippen molar-refractivity contribution < 1.29 is 12.6 Å². The summed E-state index contributed by atoms with van der Waals surface area (Å²) >= 11 is 1.61. The predicted molar refractivity (Wildman–Crippen MR) is 107 cm³/mol. The molecule has 0 amide bonds. The molecule has 27 heavy (non-hydrogen) atoms. The van der Waals surface area contributed by atoms with E-state index >= 15 is 0 Å². The monoisotopic (exact) mass is 404 g/mol. The van der Waals surface area contributed by atoms with Gasteiger partial charge >= 0.3 is 10.1 Å². The molecule has 0 radical (unpaired) electrons. The maximum atomic E-state index is 12.2. The van der Waals surface area contributed by atoms with E-state index in [0.29, 0.717) is 12.3 Å². The van der Waals surface area contributed by atoms with Crippen LogP contribution in [0.25, 0.3) is 10.2 Å². The molecule has 0 spiro atoms. The summed E-state index contributed by atoms with van der Waals surface area (Å²) < 4.78 is 29.5. The van der Waals surface area contributed by atoms with Crippen molar-refractivity contribution in [1.82, 2.24) is 14.9 Å². The van der Waals surface area contributed by atoms with E-state index in [1.807, 2.05) is 11.4 Å². The topological polar surface area (TPSA) is 75.6 Å². The quantitative estimate of drug-likeness (QED) is 0.583. The zero-order chi connectivity index (χ0) is 18.7. The summed E-state index contributed by atoms with van der Waals surface area (Å²) in [5.74, 6) is 1.29. The van der Waals surface area contributed by atoms with Crippen LogP contribution >= 0.6 is 11.3 Å². The molecule has 0 bridgehead atoms. The first-order valence-electron chi connectivity index (χ1n) is 8.73. The van der Waals surface area contributed by atoms with Crippen LogP contribution in [0.3, 0.4) is 0 Å². The Morgan fingerprint density at radius 2 is 1.81 bits per heavy atom. The summed E-state index contributed by atoms with van der Waals surface area (Å²) in [7, 11) is -3.60. The fourth-order valence-corrected chi connectivity index (χ4v) is 4.81. The van der Waals surface area contributed by atoms with Gasteiger partial charge in [-0.05, 0) is 23.6 Å². The summed E-state index contributed by atoms with van der Waals surface area (Å²) in [4.78, 5) is 14.1. The zero-order valence-corrected chi connectivity index (χ0v) is 16.3. The fourth-order valence-electron chi connectivity index (χ4n) is 3.12. The molecule has 0 atom stereocenters. The van der Waals surface area contributed by atoms with Gasteiger partial charge in [0.15, 0.2) is 0 Å². The molecule has 1 fully saturated rings. The number of benzene rings is 1. The van der Waals surface area contributed by atoms with Crippen molar-refractivity contribution in [3.63, 3.8) is 0 Å². The molecule has 0 unspecified atom stereocenters. The zero-order valence-electron chi connectivity index (χ0n) is 14.7. The fraction of sp³-hybridized carbons (Fsp3) is 0.333. The van der Waals surface area contributed by atoms with Gasteiger partial charge in [0.1, 0.15) is 22.7 Å². The number of rotatable bonds is 6. The van der Waals surface area contributed by atoms with Gasteiger partial charge in [0.05, 0.1) is 11.1 Å². The molecule has 0 saturated carbocycles. The number of hydrogen-bond donors (Lipinski definition) is 0. The largest absolute Gasteiger partial charge is 0.382 e. The summed E-state index contributed by atoms with van der Waals surface area (Å²) in [6.07, 6.45) is 1.61. The van der Waals surface area contributed by atoms with Crippen molar-refractivity contribution >= 4 is 37.5 Å². The standard InChI is InChI=1S/C18H20N4O3S2/c23-27(24,25-15-4-2-1-3-5-15)13-11-21-7-9-22(10-8-21)17-16-6-12-26-18(16)20-14-19-17/h1-6,12,14H,7-11,13H2. The van der Waals surface area contributed by atoms with Crippen LogP contribution in [0.5, 0.6) is 5.75 Å². The molecule has 1 aliphatic heterocycles. The maximum Gasteiger partial charge on any atom is 0.310 e. The van der Waals surface area contributed by atoms with Crippen molar-refractivity contribution in [3.8, 4) is 5.75 Å². The number of para-hydroxylation sites is 1. The smallest absolute Gasteiger partial charge is 0.310 e. The lowest BCUT2D eigenvalue weighted by Gasteiger charge is -2.35. The number of aromatic nitrogens is 2. The van der Waals surface area contributed by atoms with Gasteiger partial charge in [-0.3, -0.25) is 4.90 Å². The van der Waals surface area contributed by atoms with Gasteiger partial charge in [-0.1, -0.05) is 18.2 Å². The van der Waals surface area contributed by atoms with E-state index in [0.717, 1.165) is 42.2 Å². The summed E-state index contributed by atoms with van der Waals surface area (Å²) in [6.45, 7) is 3.65. The lowest BCUT2D eigenvalue weighted by atomic mass is 10.3. The van der Waals surface area contributed by atoms with Gasteiger partial charge in [-0.15, -0.1) is 11.3 Å². The van der Waals surface area contributed by atoms with Gasteiger partial charge in [0.2, 0.25) is 0 Å². The van der Waals surface area contributed by atoms with Crippen molar-refractivity contribution in [3.05, 3.63) is 48.1 Å². The molecule has 4 rings (SSSR count). The Hall–Kier alpha value is -2.23. The van der Waals surface area contributed by atoms with Gasteiger partial charge in [-0.2, -0.15) is 8.42 Å². The minimum atomic E-state index is -3.60. The molecule has 9 heteroatoms. The minimum absolute atomic E-state index is 0.0236. The number of hydrogen-bond acceptors (Lipinski definition) is 8. The number of nitrogens with zero attached hydrogens (tertiary/aromatic N) is 4. The van der Waals surface area contributed by atoms with Crippen LogP contribution in [0.1, 0.15) is 0 Å². The van der Waals surface area contributed by atoms with E-state index in [1.54, 1.807) is 41.9 Å². The second-order valence-electron chi connectivity index (χ2n) is 6.32. The Kier molecular flexibility index (Phi) is 5.24. The van der Waals surface area contributed by atoms with Crippen LogP contribution in [0.15, 0.2) is 48.1 Å². The highest BCUT2D eigenvalue weighted by molar-refractivity contribution is 7.87. The third-order valence-electron chi connectivity index (χ3n) is 4.54. The molecule has 1 saturated heterocycles. The number of piperazine rings is 1. The molecule has 7 nitrogen and oxygen atoms in total. The molecule has 1 aromatic carbocycles. The van der Waals surface area contributed by atoms with E-state index in [2.05, 4.69) is 25.8 Å². The average Bonchev–Trinajstić information content (AvgIpc) is 3.16. The third-order valence-corrected chi connectivity index (χ3v) is 6.49. The number of fused-ring (bicyclic) bond motifs is 1. The van der Waals surface area contributed by atoms with E-state index in [4.69, 9.17) is 4.18 Å². The van der Waals surface area contributed by atoms with Crippen LogP contribution in [-0.4, -0.2) is 61.8 Å². The Morgan fingerprint density at radius 3 is 2.59 bits per heavy atom. The number of anilines is 1. The average molecular weight is 405 g/mol. The first-order valence-corrected chi connectivity index (χ1v) is 11.2. The lowest BCUT2D eigenvalue weighted by molar-refractivity contribution is 0.270. The highest BCUT2D eigenvalue weighted by Crippen LogP contribution is 2.27. The molecule has 2 aromatic heterocycles. The van der Waals surface area contributed by atoms with Crippen LogP contribution in [0, 0.1) is 0 Å². The molecule has 1 aliphatic rings. The number of thiophene rings is 1. The molecular weight excluding hydrogens is 384 g/mol. The van der Waals surface area contributed by atoms with Gasteiger partial charge < -0.3 is 9.08 Å². The van der Waals surface area contributed by atoms with E-state index in [9.17, 15) is 8.42 Å². The Balaban J connectivity index is 1.31. The summed E-state index contributed by atoms with van der Waals surface area (Å²) in [6, 6.07) is 10.7. The lowest BCUT2D eigenvalue weighted by Crippen LogP contribution is -2.48. The van der Waals surface area contributed by atoms with Gasteiger partial charge in [-0.25, -0.2) is 9.97 Å². The van der Waals surface area contributed by atoms with Crippen LogP contribution in [-0.2, 0) is 10.1 Å². The Bertz CT molecular complexity index is 1000. The van der Waals surface area contributed by atoms with E-state index in [-0.39, 0.29) is 5.75 Å². The second kappa shape index (κ2) is 7.79. The van der Waals surface area contributed by atoms with Gasteiger partial charge in [0, 0.05) is 32.7 Å². The predicted octanol–water partition coefficient (Wildman–Crippen LogP) is 2.22. The first kappa shape index (κ1) is 18.1.